The van der Waals surface area contributed by atoms with Crippen LogP contribution in [0, 0.1) is 45.3 Å². The number of aliphatic hydroxyl groups excluding tert-OH is 3. The van der Waals surface area contributed by atoms with Crippen LogP contribution < -0.4 is 0 Å². The highest BCUT2D eigenvalue weighted by Gasteiger charge is 2.62. The number of hydrogen-bond acceptors (Lipinski definition) is 7. The monoisotopic (exact) mass is 489 g/mol. The number of aliphatic hydroxyl groups is 3. The SMILES string of the molecule is CC1(CO)CC1CO.CC12CC1COC2=O.CCC#N.CCC1CC1(C)CO.ClCC1CO1. The van der Waals surface area contributed by atoms with E-state index in [1.165, 1.54) is 12.8 Å². The van der Waals surface area contributed by atoms with Crippen LogP contribution in [-0.4, -0.2) is 66.3 Å². The van der Waals surface area contributed by atoms with E-state index >= 15 is 0 Å². The van der Waals surface area contributed by atoms with Crippen molar-refractivity contribution in [3.63, 3.8) is 0 Å². The van der Waals surface area contributed by atoms with E-state index < -0.39 is 0 Å². The Morgan fingerprint density at radius 2 is 1.55 bits per heavy atom. The highest BCUT2D eigenvalue weighted by molar-refractivity contribution is 6.18. The average Bonchev–Trinajstić information content (AvgIpc) is 3.70. The van der Waals surface area contributed by atoms with Crippen molar-refractivity contribution < 1.29 is 29.6 Å². The molecule has 0 bridgehead atoms. The summed E-state index contributed by atoms with van der Waals surface area (Å²) in [4.78, 5) is 10.7. The molecule has 5 fully saturated rings. The predicted octanol–water partition coefficient (Wildman–Crippen LogP) is 3.53. The molecule has 3 N–H and O–H groups in total. The first-order valence-electron chi connectivity index (χ1n) is 12.1. The first-order valence-corrected chi connectivity index (χ1v) is 12.6. The second-order valence-electron chi connectivity index (χ2n) is 10.6. The highest BCUT2D eigenvalue weighted by atomic mass is 35.5. The molecule has 3 saturated carbocycles. The highest BCUT2D eigenvalue weighted by Crippen LogP contribution is 2.57. The Morgan fingerprint density at radius 3 is 1.64 bits per heavy atom. The largest absolute Gasteiger partial charge is 0.465 e. The standard InChI is InChI=1S/C7H14O.C6H8O2.C6H12O2.C3H5ClO.C3H5N/c1-3-6-4-7(6,2)5-8;1-6-2-4(6)3-8-5(6)7;1-6(4-8)2-5(6)3-7;4-1-3-2-5-3;1-2-3-4/h6,8H,3-5H2,1-2H3;4H,2-3H2,1H3;5,7-8H,2-4H2,1H3;3H,1-2H2;2H2,1H3. The number of fused-ring (bicyclic) bond motifs is 1. The minimum Gasteiger partial charge on any atom is -0.465 e. The van der Waals surface area contributed by atoms with Crippen LogP contribution in [0.25, 0.3) is 0 Å². The van der Waals surface area contributed by atoms with Crippen LogP contribution in [-0.2, 0) is 14.3 Å². The molecule has 8 heteroatoms. The first-order chi connectivity index (χ1) is 15.5. The molecule has 192 valence electrons. The average molecular weight is 490 g/mol. The second-order valence-corrected chi connectivity index (χ2v) is 10.9. The molecule has 0 aromatic rings. The molecule has 2 heterocycles. The van der Waals surface area contributed by atoms with Crippen LogP contribution in [0.4, 0.5) is 0 Å². The fourth-order valence-corrected chi connectivity index (χ4v) is 3.94. The van der Waals surface area contributed by atoms with Gasteiger partial charge in [0.05, 0.1) is 36.7 Å². The molecule has 2 aliphatic heterocycles. The van der Waals surface area contributed by atoms with Crippen LogP contribution >= 0.6 is 11.6 Å². The van der Waals surface area contributed by atoms with Gasteiger partial charge in [0.15, 0.2) is 0 Å². The second kappa shape index (κ2) is 13.3. The minimum absolute atomic E-state index is 0.0162. The lowest BCUT2D eigenvalue weighted by atomic mass is 10.1. The van der Waals surface area contributed by atoms with Crippen LogP contribution in [0.1, 0.15) is 66.7 Å². The van der Waals surface area contributed by atoms with Gasteiger partial charge in [0.2, 0.25) is 0 Å². The van der Waals surface area contributed by atoms with Gasteiger partial charge in [-0.05, 0) is 48.9 Å². The lowest BCUT2D eigenvalue weighted by Gasteiger charge is -2.02. The van der Waals surface area contributed by atoms with Gasteiger partial charge in [-0.3, -0.25) is 4.79 Å². The topological polar surface area (TPSA) is 123 Å². The van der Waals surface area contributed by atoms with Crippen LogP contribution in [0.3, 0.4) is 0 Å². The molecule has 2 saturated heterocycles. The van der Waals surface area contributed by atoms with Gasteiger partial charge in [-0.1, -0.05) is 34.1 Å². The molecule has 5 aliphatic rings. The Labute approximate surface area is 204 Å². The van der Waals surface area contributed by atoms with Crippen molar-refractivity contribution in [2.75, 3.05) is 38.9 Å². The van der Waals surface area contributed by atoms with Gasteiger partial charge in [0.1, 0.15) is 0 Å². The number of hydrogen-bond donors (Lipinski definition) is 3. The summed E-state index contributed by atoms with van der Waals surface area (Å²) < 4.78 is 9.50. The fraction of sp³-hybridized carbons (Fsp3) is 0.920. The maximum Gasteiger partial charge on any atom is 0.312 e. The Bertz CT molecular complexity index is 627. The van der Waals surface area contributed by atoms with Gasteiger partial charge in [0, 0.05) is 32.2 Å². The summed E-state index contributed by atoms with van der Waals surface area (Å²) in [6, 6.07) is 1.93. The van der Waals surface area contributed by atoms with E-state index in [-0.39, 0.29) is 30.0 Å². The summed E-state index contributed by atoms with van der Waals surface area (Å²) in [6.07, 6.45) is 5.54. The van der Waals surface area contributed by atoms with Crippen molar-refractivity contribution in [2.45, 2.75) is 72.8 Å². The van der Waals surface area contributed by atoms with E-state index in [9.17, 15) is 4.79 Å². The van der Waals surface area contributed by atoms with Crippen molar-refractivity contribution in [2.24, 2.45) is 34.0 Å². The summed E-state index contributed by atoms with van der Waals surface area (Å²) in [5.41, 5.74) is 0.337. The molecule has 0 amide bonds. The zero-order valence-corrected chi connectivity index (χ0v) is 21.7. The maximum atomic E-state index is 10.7. The van der Waals surface area contributed by atoms with Gasteiger partial charge in [0.25, 0.3) is 0 Å². The summed E-state index contributed by atoms with van der Waals surface area (Å²) in [6.45, 7) is 12.5. The van der Waals surface area contributed by atoms with Crippen molar-refractivity contribution >= 4 is 17.6 Å². The lowest BCUT2D eigenvalue weighted by molar-refractivity contribution is -0.144. The van der Waals surface area contributed by atoms with Crippen molar-refractivity contribution in [1.29, 1.82) is 5.26 Å². The minimum atomic E-state index is -0.0417. The van der Waals surface area contributed by atoms with Gasteiger partial charge in [-0.2, -0.15) is 5.26 Å². The summed E-state index contributed by atoms with van der Waals surface area (Å²) in [5.74, 6) is 2.43. The van der Waals surface area contributed by atoms with E-state index in [0.717, 1.165) is 25.4 Å². The number of nitriles is 1. The number of epoxide rings is 1. The number of ether oxygens (including phenoxy) is 2. The Kier molecular flexibility index (Phi) is 12.1. The lowest BCUT2D eigenvalue weighted by Crippen LogP contribution is -2.08. The van der Waals surface area contributed by atoms with Gasteiger partial charge < -0.3 is 24.8 Å². The smallest absolute Gasteiger partial charge is 0.312 e. The number of carbonyl (C=O) groups is 1. The van der Waals surface area contributed by atoms with E-state index in [1.807, 2.05) is 26.8 Å². The third-order valence-electron chi connectivity index (χ3n) is 7.54. The fourth-order valence-electron chi connectivity index (χ4n) is 3.76. The van der Waals surface area contributed by atoms with Gasteiger partial charge in [-0.15, -0.1) is 11.6 Å². The number of cyclic esters (lactones) is 1. The molecule has 0 aromatic carbocycles. The van der Waals surface area contributed by atoms with Crippen molar-refractivity contribution in [3.8, 4) is 6.07 Å². The normalized spacial score (nSPS) is 39.7. The van der Waals surface area contributed by atoms with E-state index in [1.54, 1.807) is 0 Å². The molecule has 0 spiro atoms. The van der Waals surface area contributed by atoms with Gasteiger partial charge in [-0.25, -0.2) is 0 Å². The van der Waals surface area contributed by atoms with E-state index in [4.69, 9.17) is 41.7 Å². The molecule has 7 unspecified atom stereocenters. The molecular formula is C25H44ClNO6. The van der Waals surface area contributed by atoms with E-state index in [0.29, 0.717) is 48.9 Å². The molecule has 0 radical (unpaired) electrons. The summed E-state index contributed by atoms with van der Waals surface area (Å²) in [5, 5.41) is 33.6. The quantitative estimate of drug-likeness (QED) is 0.306. The first kappa shape index (κ1) is 30.1. The Hall–Kier alpha value is -0.910. The number of carbonyl (C=O) groups excluding carboxylic acids is 1. The molecule has 7 atom stereocenters. The van der Waals surface area contributed by atoms with Crippen molar-refractivity contribution in [1.82, 2.24) is 0 Å². The Balaban J connectivity index is 0.000000212. The summed E-state index contributed by atoms with van der Waals surface area (Å²) in [7, 11) is 0. The van der Waals surface area contributed by atoms with Crippen LogP contribution in [0.15, 0.2) is 0 Å². The summed E-state index contributed by atoms with van der Waals surface area (Å²) >= 11 is 5.27. The molecule has 0 aromatic heterocycles. The third-order valence-corrected chi connectivity index (χ3v) is 7.88. The number of esters is 1. The van der Waals surface area contributed by atoms with Crippen molar-refractivity contribution in [3.05, 3.63) is 0 Å². The van der Waals surface area contributed by atoms with Gasteiger partial charge >= 0.3 is 5.97 Å². The zero-order chi connectivity index (χ0) is 25.3. The number of nitrogens with zero attached hydrogens (tertiary/aromatic N) is 1. The van der Waals surface area contributed by atoms with Crippen LogP contribution in [0.5, 0.6) is 0 Å². The molecular weight excluding hydrogens is 446 g/mol. The predicted molar refractivity (Wildman–Crippen MR) is 128 cm³/mol. The molecule has 3 aliphatic carbocycles. The Morgan fingerprint density at radius 1 is 1.03 bits per heavy atom. The van der Waals surface area contributed by atoms with E-state index in [2.05, 4.69) is 13.8 Å². The number of alkyl halides is 1. The molecule has 7 nitrogen and oxygen atoms in total. The number of halogens is 1. The van der Waals surface area contributed by atoms with Crippen LogP contribution in [0.2, 0.25) is 0 Å². The molecule has 5 rings (SSSR count). The molecule has 33 heavy (non-hydrogen) atoms. The zero-order valence-electron chi connectivity index (χ0n) is 21.0. The number of rotatable bonds is 5. The maximum absolute atomic E-state index is 10.7. The third kappa shape index (κ3) is 9.33.